The molecule has 2 aliphatic heterocycles. The van der Waals surface area contributed by atoms with Crippen molar-refractivity contribution in [3.8, 4) is 5.75 Å². The maximum Gasteiger partial charge on any atom is 0.265 e. The van der Waals surface area contributed by atoms with Crippen molar-refractivity contribution in [1.29, 1.82) is 0 Å². The van der Waals surface area contributed by atoms with E-state index in [1.807, 2.05) is 6.07 Å². The maximum absolute atomic E-state index is 13.2. The number of carbonyl (C=O) groups is 2. The third kappa shape index (κ3) is 5.08. The van der Waals surface area contributed by atoms with Crippen LogP contribution < -0.4 is 15.4 Å². The molecule has 10 heteroatoms. The van der Waals surface area contributed by atoms with Crippen molar-refractivity contribution in [2.24, 2.45) is 0 Å². The van der Waals surface area contributed by atoms with Crippen LogP contribution in [0.2, 0.25) is 0 Å². The average Bonchev–Trinajstić information content (AvgIpc) is 2.79. The average molecular weight is 487 g/mol. The summed E-state index contributed by atoms with van der Waals surface area (Å²) in [6, 6.07) is 11.3. The first kappa shape index (κ1) is 24.2. The summed E-state index contributed by atoms with van der Waals surface area (Å²) in [6.45, 7) is 5.85. The fraction of sp³-hybridized carbons (Fsp3) is 0.417. The highest BCUT2D eigenvalue weighted by Crippen LogP contribution is 2.35. The van der Waals surface area contributed by atoms with Crippen molar-refractivity contribution < 1.29 is 22.7 Å². The van der Waals surface area contributed by atoms with Crippen molar-refractivity contribution in [3.63, 3.8) is 0 Å². The van der Waals surface area contributed by atoms with E-state index in [4.69, 9.17) is 4.74 Å². The van der Waals surface area contributed by atoms with Gasteiger partial charge in [-0.05, 0) is 43.0 Å². The zero-order valence-corrected chi connectivity index (χ0v) is 20.4. The predicted octanol–water partition coefficient (Wildman–Crippen LogP) is 1.51. The molecule has 9 nitrogen and oxygen atoms in total. The van der Waals surface area contributed by atoms with Crippen LogP contribution in [-0.2, 0) is 32.6 Å². The lowest BCUT2D eigenvalue weighted by Crippen LogP contribution is -2.42. The molecule has 2 aliphatic rings. The van der Waals surface area contributed by atoms with E-state index in [1.54, 1.807) is 19.9 Å². The molecule has 4 rings (SSSR count). The Balaban J connectivity index is 1.33. The Morgan fingerprint density at radius 3 is 2.76 bits per heavy atom. The number of anilines is 1. The Labute approximate surface area is 200 Å². The second kappa shape index (κ2) is 9.73. The van der Waals surface area contributed by atoms with E-state index in [-0.39, 0.29) is 29.0 Å². The van der Waals surface area contributed by atoms with E-state index < -0.39 is 16.1 Å². The molecule has 2 aromatic carbocycles. The van der Waals surface area contributed by atoms with Gasteiger partial charge in [0.1, 0.15) is 5.75 Å². The lowest BCUT2D eigenvalue weighted by atomic mass is 10.00. The number of likely N-dealkylation sites (N-methyl/N-ethyl adjacent to an activating group) is 1. The third-order valence-electron chi connectivity index (χ3n) is 6.22. The number of nitrogens with one attached hydrogen (secondary N) is 2. The molecule has 2 amide bonds. The lowest BCUT2D eigenvalue weighted by Gasteiger charge is -2.28. The Hall–Kier alpha value is -2.95. The summed E-state index contributed by atoms with van der Waals surface area (Å²) in [5.41, 5.74) is 3.56. The van der Waals surface area contributed by atoms with Gasteiger partial charge >= 0.3 is 0 Å². The van der Waals surface area contributed by atoms with Crippen molar-refractivity contribution in [3.05, 3.63) is 53.1 Å². The molecule has 0 saturated carbocycles. The highest BCUT2D eigenvalue weighted by Gasteiger charge is 2.30. The van der Waals surface area contributed by atoms with E-state index in [0.717, 1.165) is 23.8 Å². The highest BCUT2D eigenvalue weighted by molar-refractivity contribution is 7.89. The van der Waals surface area contributed by atoms with Gasteiger partial charge in [-0.3, -0.25) is 14.5 Å². The van der Waals surface area contributed by atoms with Gasteiger partial charge < -0.3 is 15.4 Å². The quantitative estimate of drug-likeness (QED) is 0.614. The van der Waals surface area contributed by atoms with Crippen LogP contribution in [0.5, 0.6) is 5.75 Å². The molecule has 0 radical (unpaired) electrons. The number of nitrogens with zero attached hydrogens (tertiary/aromatic N) is 2. The molecule has 0 saturated heterocycles. The van der Waals surface area contributed by atoms with E-state index in [2.05, 4.69) is 33.7 Å². The molecule has 2 N–H and O–H groups in total. The van der Waals surface area contributed by atoms with Gasteiger partial charge in [-0.25, -0.2) is 8.42 Å². The molecule has 182 valence electrons. The second-order valence-corrected chi connectivity index (χ2v) is 10.8. The number of benzene rings is 2. The Bertz CT molecular complexity index is 1210. The van der Waals surface area contributed by atoms with E-state index >= 15 is 0 Å². The third-order valence-corrected chi connectivity index (χ3v) is 8.17. The van der Waals surface area contributed by atoms with Gasteiger partial charge in [0.15, 0.2) is 6.10 Å². The number of hydrogen-bond donors (Lipinski definition) is 2. The summed E-state index contributed by atoms with van der Waals surface area (Å²) in [4.78, 5) is 26.6. The van der Waals surface area contributed by atoms with E-state index in [0.29, 0.717) is 24.3 Å². The fourth-order valence-electron chi connectivity index (χ4n) is 4.23. The summed E-state index contributed by atoms with van der Waals surface area (Å²) >= 11 is 0. The van der Waals surface area contributed by atoms with Crippen LogP contribution in [0.15, 0.2) is 41.3 Å². The van der Waals surface area contributed by atoms with Crippen LogP contribution in [-0.4, -0.2) is 68.8 Å². The monoisotopic (exact) mass is 486 g/mol. The minimum Gasteiger partial charge on any atom is -0.479 e. The molecule has 0 unspecified atom stereocenters. The number of amides is 2. The van der Waals surface area contributed by atoms with Crippen LogP contribution in [0.25, 0.3) is 0 Å². The molecule has 0 spiro atoms. The summed E-state index contributed by atoms with van der Waals surface area (Å²) in [6.07, 6.45) is 0.264. The smallest absolute Gasteiger partial charge is 0.265 e. The normalized spacial score (nSPS) is 18.0. The number of sulfonamides is 1. The first-order chi connectivity index (χ1) is 16.1. The number of ether oxygens (including phenoxy) is 1. The van der Waals surface area contributed by atoms with Gasteiger partial charge in [0.25, 0.3) is 5.91 Å². The second-order valence-electron chi connectivity index (χ2n) is 8.77. The first-order valence-corrected chi connectivity index (χ1v) is 12.7. The van der Waals surface area contributed by atoms with Gasteiger partial charge in [-0.1, -0.05) is 24.3 Å². The number of hydrogen-bond acceptors (Lipinski definition) is 6. The topological polar surface area (TPSA) is 108 Å². The Morgan fingerprint density at radius 2 is 2.00 bits per heavy atom. The van der Waals surface area contributed by atoms with Crippen LogP contribution in [0.3, 0.4) is 0 Å². The van der Waals surface area contributed by atoms with Gasteiger partial charge in [-0.15, -0.1) is 0 Å². The predicted molar refractivity (Wildman–Crippen MR) is 128 cm³/mol. The summed E-state index contributed by atoms with van der Waals surface area (Å²) in [7, 11) is -2.56. The first-order valence-electron chi connectivity index (χ1n) is 11.3. The molecular formula is C24H30N4O5S. The molecule has 2 aromatic rings. The van der Waals surface area contributed by atoms with Crippen LogP contribution in [0, 0.1) is 6.92 Å². The molecule has 0 fully saturated rings. The van der Waals surface area contributed by atoms with Crippen molar-refractivity contribution in [1.82, 2.24) is 14.5 Å². The molecule has 1 atom stereocenters. The number of fused-ring (bicyclic) bond motifs is 2. The molecule has 2 heterocycles. The Morgan fingerprint density at radius 1 is 1.26 bits per heavy atom. The number of aryl methyl sites for hydroxylation is 1. The molecule has 0 bridgehead atoms. The van der Waals surface area contributed by atoms with Crippen molar-refractivity contribution in [2.75, 3.05) is 38.5 Å². The van der Waals surface area contributed by atoms with Gasteiger partial charge in [0.2, 0.25) is 15.9 Å². The van der Waals surface area contributed by atoms with Gasteiger partial charge in [0.05, 0.1) is 17.1 Å². The van der Waals surface area contributed by atoms with Gasteiger partial charge in [0, 0.05) is 39.3 Å². The standard InChI is InChI=1S/C24H30N4O5S/c1-16-12-20-21(33-17(2)24(30)26-20)13-22(16)34(31,32)27(3)15-23(29)25-9-11-28-10-8-18-6-4-5-7-19(18)14-28/h4-7,12-13,17H,8-11,14-15H2,1-3H3,(H,25,29)(H,26,30)/t17-/m1/s1. The number of carbonyl (C=O) groups excluding carboxylic acids is 2. The summed E-state index contributed by atoms with van der Waals surface area (Å²) in [5, 5.41) is 5.53. The maximum atomic E-state index is 13.2. The lowest BCUT2D eigenvalue weighted by molar-refractivity contribution is -0.123. The minimum absolute atomic E-state index is 0.0388. The fourth-order valence-corrected chi connectivity index (χ4v) is 5.58. The van der Waals surface area contributed by atoms with Crippen LogP contribution in [0.1, 0.15) is 23.6 Å². The van der Waals surface area contributed by atoms with E-state index in [1.165, 1.54) is 24.2 Å². The zero-order valence-electron chi connectivity index (χ0n) is 19.6. The highest BCUT2D eigenvalue weighted by atomic mass is 32.2. The van der Waals surface area contributed by atoms with Crippen molar-refractivity contribution in [2.45, 2.75) is 37.8 Å². The zero-order chi connectivity index (χ0) is 24.5. The SMILES string of the molecule is Cc1cc2c(cc1S(=O)(=O)N(C)CC(=O)NCCN1CCc3ccccc3C1)O[C@H](C)C(=O)N2. The minimum atomic E-state index is -3.94. The molecular weight excluding hydrogens is 456 g/mol. The molecule has 0 aliphatic carbocycles. The Kier molecular flexibility index (Phi) is 6.92. The summed E-state index contributed by atoms with van der Waals surface area (Å²) < 4.78 is 32.9. The van der Waals surface area contributed by atoms with E-state index in [9.17, 15) is 18.0 Å². The summed E-state index contributed by atoms with van der Waals surface area (Å²) in [5.74, 6) is -0.362. The molecule has 34 heavy (non-hydrogen) atoms. The molecule has 0 aromatic heterocycles. The van der Waals surface area contributed by atoms with Gasteiger partial charge in [-0.2, -0.15) is 4.31 Å². The van der Waals surface area contributed by atoms with Crippen LogP contribution in [0.4, 0.5) is 5.69 Å². The van der Waals surface area contributed by atoms with Crippen LogP contribution >= 0.6 is 0 Å². The van der Waals surface area contributed by atoms with Crippen molar-refractivity contribution >= 4 is 27.5 Å². The largest absolute Gasteiger partial charge is 0.479 e. The number of rotatable bonds is 7.